The molecular formula is C21H16ClN5O2S. The molecule has 3 aromatic rings. The molecular weight excluding hydrogens is 422 g/mol. The second-order valence-electron chi connectivity index (χ2n) is 6.29. The molecule has 7 nitrogen and oxygen atoms in total. The van der Waals surface area contributed by atoms with Crippen molar-refractivity contribution in [3.63, 3.8) is 0 Å². The van der Waals surface area contributed by atoms with E-state index in [1.807, 2.05) is 13.0 Å². The van der Waals surface area contributed by atoms with Crippen LogP contribution in [-0.2, 0) is 4.79 Å². The summed E-state index contributed by atoms with van der Waals surface area (Å²) in [6.45, 7) is 3.49. The van der Waals surface area contributed by atoms with Gasteiger partial charge in [-0.1, -0.05) is 29.4 Å². The van der Waals surface area contributed by atoms with Gasteiger partial charge in [0, 0.05) is 10.7 Å². The quantitative estimate of drug-likeness (QED) is 0.551. The number of benzene rings is 1. The van der Waals surface area contributed by atoms with E-state index in [1.54, 1.807) is 37.3 Å². The molecule has 0 aliphatic carbocycles. The maximum atomic E-state index is 12.7. The van der Waals surface area contributed by atoms with Gasteiger partial charge in [0.15, 0.2) is 0 Å². The minimum Gasteiger partial charge on any atom is -0.464 e. The average Bonchev–Trinajstić information content (AvgIpc) is 3.25. The third kappa shape index (κ3) is 4.11. The summed E-state index contributed by atoms with van der Waals surface area (Å²) in [7, 11) is 0. The van der Waals surface area contributed by atoms with E-state index in [0.29, 0.717) is 16.5 Å². The van der Waals surface area contributed by atoms with Gasteiger partial charge in [0.2, 0.25) is 5.91 Å². The number of amides is 1. The standard InChI is InChI=1S/C21H16ClN5O2S/c1-11-15(22)5-3-6-16(11)26-20(28)12(2)30-21-14(10-24)18(17-7-4-8-29-17)13(9-23)19(25)27-21/h3-8,12H,1-2H3,(H2,25,27)(H,26,28). The summed E-state index contributed by atoms with van der Waals surface area (Å²) in [5.74, 6) is -0.00654. The van der Waals surface area contributed by atoms with Gasteiger partial charge in [-0.15, -0.1) is 0 Å². The highest BCUT2D eigenvalue weighted by Gasteiger charge is 2.25. The number of anilines is 2. The van der Waals surface area contributed by atoms with E-state index in [-0.39, 0.29) is 33.4 Å². The lowest BCUT2D eigenvalue weighted by Crippen LogP contribution is -2.23. The third-order valence-corrected chi connectivity index (χ3v) is 5.86. The molecule has 0 saturated heterocycles. The second kappa shape index (κ2) is 8.91. The van der Waals surface area contributed by atoms with Gasteiger partial charge < -0.3 is 15.5 Å². The number of nitrogens with zero attached hydrogens (tertiary/aromatic N) is 3. The lowest BCUT2D eigenvalue weighted by atomic mass is 10.0. The highest BCUT2D eigenvalue weighted by molar-refractivity contribution is 8.00. The predicted octanol–water partition coefficient (Wildman–Crippen LogP) is 4.75. The van der Waals surface area contributed by atoms with Gasteiger partial charge in [-0.05, 0) is 43.7 Å². The van der Waals surface area contributed by atoms with Crippen molar-refractivity contribution in [1.82, 2.24) is 4.98 Å². The molecule has 1 unspecified atom stereocenters. The van der Waals surface area contributed by atoms with Gasteiger partial charge in [-0.2, -0.15) is 10.5 Å². The van der Waals surface area contributed by atoms with E-state index < -0.39 is 5.25 Å². The van der Waals surface area contributed by atoms with Crippen LogP contribution in [0.3, 0.4) is 0 Å². The fourth-order valence-corrected chi connectivity index (χ4v) is 3.84. The van der Waals surface area contributed by atoms with Gasteiger partial charge in [0.25, 0.3) is 0 Å². The first-order valence-corrected chi connectivity index (χ1v) is 10.0. The van der Waals surface area contributed by atoms with Crippen molar-refractivity contribution in [1.29, 1.82) is 10.5 Å². The molecule has 150 valence electrons. The number of nitrogens with one attached hydrogen (secondary N) is 1. The van der Waals surface area contributed by atoms with Gasteiger partial charge in [-0.3, -0.25) is 4.79 Å². The van der Waals surface area contributed by atoms with Crippen molar-refractivity contribution < 1.29 is 9.21 Å². The molecule has 0 saturated carbocycles. The molecule has 2 aromatic heterocycles. The number of furan rings is 1. The van der Waals surface area contributed by atoms with E-state index in [0.717, 1.165) is 17.3 Å². The first-order chi connectivity index (χ1) is 14.4. The molecule has 1 atom stereocenters. The molecule has 0 aliphatic rings. The van der Waals surface area contributed by atoms with E-state index in [2.05, 4.69) is 16.4 Å². The maximum Gasteiger partial charge on any atom is 0.237 e. The molecule has 0 fully saturated rings. The molecule has 0 aliphatic heterocycles. The van der Waals surface area contributed by atoms with Crippen molar-refractivity contribution in [2.24, 2.45) is 0 Å². The van der Waals surface area contributed by atoms with Crippen LogP contribution in [-0.4, -0.2) is 16.1 Å². The third-order valence-electron chi connectivity index (χ3n) is 4.37. The van der Waals surface area contributed by atoms with Crippen molar-refractivity contribution in [3.8, 4) is 23.5 Å². The van der Waals surface area contributed by atoms with E-state index in [1.165, 1.54) is 6.26 Å². The predicted molar refractivity (Wildman–Crippen MR) is 116 cm³/mol. The van der Waals surface area contributed by atoms with Crippen LogP contribution in [0.25, 0.3) is 11.3 Å². The number of hydrogen-bond acceptors (Lipinski definition) is 7. The summed E-state index contributed by atoms with van der Waals surface area (Å²) in [5, 5.41) is 22.2. The zero-order valence-corrected chi connectivity index (χ0v) is 17.6. The average molecular weight is 438 g/mol. The number of nitrogen functional groups attached to an aromatic ring is 1. The van der Waals surface area contributed by atoms with Crippen LogP contribution >= 0.6 is 23.4 Å². The Morgan fingerprint density at radius 1 is 1.27 bits per heavy atom. The molecule has 3 N–H and O–H groups in total. The smallest absolute Gasteiger partial charge is 0.237 e. The first kappa shape index (κ1) is 21.3. The molecule has 0 radical (unpaired) electrons. The van der Waals surface area contributed by atoms with E-state index >= 15 is 0 Å². The van der Waals surface area contributed by atoms with E-state index in [4.69, 9.17) is 21.8 Å². The fourth-order valence-electron chi connectivity index (χ4n) is 2.75. The van der Waals surface area contributed by atoms with Crippen LogP contribution in [0.5, 0.6) is 0 Å². The summed E-state index contributed by atoms with van der Waals surface area (Å²) in [6.07, 6.45) is 1.43. The Morgan fingerprint density at radius 3 is 2.63 bits per heavy atom. The number of nitriles is 2. The molecule has 0 spiro atoms. The van der Waals surface area contributed by atoms with Gasteiger partial charge in [0.05, 0.1) is 22.6 Å². The lowest BCUT2D eigenvalue weighted by molar-refractivity contribution is -0.115. The number of rotatable bonds is 5. The first-order valence-electron chi connectivity index (χ1n) is 8.77. The number of nitrogens with two attached hydrogens (primary N) is 1. The summed E-state index contributed by atoms with van der Waals surface area (Å²) in [5.41, 5.74) is 7.75. The Labute approximate surface area is 182 Å². The van der Waals surface area contributed by atoms with Gasteiger partial charge in [-0.25, -0.2) is 4.98 Å². The highest BCUT2D eigenvalue weighted by atomic mass is 35.5. The van der Waals surface area contributed by atoms with Crippen molar-refractivity contribution in [3.05, 3.63) is 58.3 Å². The maximum absolute atomic E-state index is 12.7. The highest BCUT2D eigenvalue weighted by Crippen LogP contribution is 2.37. The van der Waals surface area contributed by atoms with E-state index in [9.17, 15) is 15.3 Å². The van der Waals surface area contributed by atoms with Gasteiger partial charge >= 0.3 is 0 Å². The summed E-state index contributed by atoms with van der Waals surface area (Å²) in [4.78, 5) is 16.9. The van der Waals surface area contributed by atoms with Crippen LogP contribution < -0.4 is 11.1 Å². The molecule has 30 heavy (non-hydrogen) atoms. The van der Waals surface area contributed by atoms with Crippen molar-refractivity contribution in [2.75, 3.05) is 11.1 Å². The minimum atomic E-state index is -0.611. The molecule has 1 aromatic carbocycles. The van der Waals surface area contributed by atoms with Crippen molar-refractivity contribution in [2.45, 2.75) is 24.1 Å². The molecule has 2 heterocycles. The zero-order chi connectivity index (χ0) is 21.8. The summed E-state index contributed by atoms with van der Waals surface area (Å²) >= 11 is 7.17. The van der Waals surface area contributed by atoms with Crippen LogP contribution in [0.1, 0.15) is 23.6 Å². The van der Waals surface area contributed by atoms with Crippen LogP contribution in [0.2, 0.25) is 5.02 Å². The van der Waals surface area contributed by atoms with Crippen LogP contribution in [0, 0.1) is 29.6 Å². The lowest BCUT2D eigenvalue weighted by Gasteiger charge is -2.16. The molecule has 0 bridgehead atoms. The number of hydrogen-bond donors (Lipinski definition) is 2. The SMILES string of the molecule is Cc1c(Cl)cccc1NC(=O)C(C)Sc1nc(N)c(C#N)c(-c2ccco2)c1C#N. The van der Waals surface area contributed by atoms with Gasteiger partial charge in [0.1, 0.15) is 34.3 Å². The number of pyridine rings is 1. The number of carbonyl (C=O) groups is 1. The fraction of sp³-hybridized carbons (Fsp3) is 0.143. The normalized spacial score (nSPS) is 11.4. The second-order valence-corrected chi connectivity index (χ2v) is 8.03. The number of thioether (sulfide) groups is 1. The Morgan fingerprint density at radius 2 is 2.00 bits per heavy atom. The monoisotopic (exact) mass is 437 g/mol. The Bertz CT molecular complexity index is 1200. The zero-order valence-electron chi connectivity index (χ0n) is 16.1. The largest absolute Gasteiger partial charge is 0.464 e. The number of carbonyl (C=O) groups excluding carboxylic acids is 1. The number of halogens is 1. The Balaban J connectivity index is 1.95. The molecule has 9 heteroatoms. The Kier molecular flexibility index (Phi) is 6.31. The summed E-state index contributed by atoms with van der Waals surface area (Å²) < 4.78 is 5.38. The topological polar surface area (TPSA) is 129 Å². The molecule has 1 amide bonds. The van der Waals surface area contributed by atoms with Crippen LogP contribution in [0.15, 0.2) is 46.0 Å². The van der Waals surface area contributed by atoms with Crippen molar-refractivity contribution >= 4 is 40.8 Å². The van der Waals surface area contributed by atoms with Crippen LogP contribution in [0.4, 0.5) is 11.5 Å². The summed E-state index contributed by atoms with van der Waals surface area (Å²) in [6, 6.07) is 12.6. The molecule has 3 rings (SSSR count). The Hall–Kier alpha value is -3.46. The number of aromatic nitrogens is 1. The minimum absolute atomic E-state index is 0.0382.